The Hall–Kier alpha value is -3.29. The Morgan fingerprint density at radius 3 is 2.43 bits per heavy atom. The summed E-state index contributed by atoms with van der Waals surface area (Å²) in [7, 11) is 1.45. The van der Waals surface area contributed by atoms with Gasteiger partial charge in [-0.3, -0.25) is 4.79 Å². The topological polar surface area (TPSA) is 68.5 Å². The maximum absolute atomic E-state index is 15.0. The lowest BCUT2D eigenvalue weighted by Gasteiger charge is -2.53. The van der Waals surface area contributed by atoms with Crippen molar-refractivity contribution in [2.45, 2.75) is 87.6 Å². The van der Waals surface area contributed by atoms with Gasteiger partial charge in [0, 0.05) is 29.5 Å². The van der Waals surface area contributed by atoms with Gasteiger partial charge in [0.1, 0.15) is 5.67 Å². The number of hydrogen-bond acceptors (Lipinski definition) is 5. The average Bonchev–Trinajstić information content (AvgIpc) is 3.48. The molecule has 7 aliphatic carbocycles. The minimum Gasteiger partial charge on any atom is -0.494 e. The van der Waals surface area contributed by atoms with E-state index in [0.717, 1.165) is 79.9 Å². The van der Waals surface area contributed by atoms with Gasteiger partial charge < -0.3 is 14.2 Å². The minimum atomic E-state index is -1.17. The van der Waals surface area contributed by atoms with Crippen molar-refractivity contribution in [3.05, 3.63) is 60.0 Å². The Morgan fingerprint density at radius 1 is 1.02 bits per heavy atom. The van der Waals surface area contributed by atoms with Crippen molar-refractivity contribution in [3.8, 4) is 16.9 Å². The average molecular weight is 574 g/mol. The van der Waals surface area contributed by atoms with E-state index in [4.69, 9.17) is 14.2 Å². The smallest absolute Gasteiger partial charge is 0.232 e. The van der Waals surface area contributed by atoms with Crippen molar-refractivity contribution in [2.75, 3.05) is 18.6 Å². The second-order valence-electron chi connectivity index (χ2n) is 14.0. The highest BCUT2D eigenvalue weighted by Gasteiger charge is 2.60. The molecule has 7 saturated carbocycles. The van der Waals surface area contributed by atoms with Gasteiger partial charge in [-0.05, 0) is 117 Å². The number of benzene rings is 2. The zero-order chi connectivity index (χ0) is 28.7. The highest BCUT2D eigenvalue weighted by Crippen LogP contribution is 2.60. The van der Waals surface area contributed by atoms with Crippen LogP contribution in [0.4, 0.5) is 14.5 Å². The number of hydrogen-bond donors (Lipinski definition) is 0. The Kier molecular flexibility index (Phi) is 5.87. The summed E-state index contributed by atoms with van der Waals surface area (Å²) in [5.74, 6) is 1.84. The van der Waals surface area contributed by atoms with Crippen LogP contribution in [0, 0.1) is 23.1 Å². The molecule has 0 N–H and O–H groups in total. The summed E-state index contributed by atoms with van der Waals surface area (Å²) >= 11 is 0. The summed E-state index contributed by atoms with van der Waals surface area (Å²) < 4.78 is 40.2. The van der Waals surface area contributed by atoms with E-state index in [1.54, 1.807) is 12.1 Å². The number of carbonyl (C=O) groups excluding carboxylic acids is 1. The second-order valence-corrected chi connectivity index (χ2v) is 14.0. The normalized spacial score (nSPS) is 32.9. The lowest BCUT2D eigenvalue weighted by Crippen LogP contribution is -2.51. The molecular formula is C34H37F2N3O3. The summed E-state index contributed by atoms with van der Waals surface area (Å²) in [6.07, 6.45) is 9.58. The van der Waals surface area contributed by atoms with Gasteiger partial charge >= 0.3 is 0 Å². The van der Waals surface area contributed by atoms with E-state index in [1.807, 2.05) is 29.2 Å². The van der Waals surface area contributed by atoms with Gasteiger partial charge in [-0.2, -0.15) is 4.98 Å². The van der Waals surface area contributed by atoms with Crippen LogP contribution >= 0.6 is 0 Å². The molecule has 0 spiro atoms. The second kappa shape index (κ2) is 9.35. The number of methoxy groups -OCH3 is 1. The van der Waals surface area contributed by atoms with Gasteiger partial charge in [-0.1, -0.05) is 23.4 Å². The minimum absolute atomic E-state index is 0.000806. The number of ether oxygens (including phenoxy) is 1. The first kappa shape index (κ1) is 26.3. The fourth-order valence-corrected chi connectivity index (χ4v) is 8.48. The van der Waals surface area contributed by atoms with E-state index < -0.39 is 11.5 Å². The zero-order valence-corrected chi connectivity index (χ0v) is 24.1. The third kappa shape index (κ3) is 4.27. The molecule has 220 valence electrons. The van der Waals surface area contributed by atoms with Gasteiger partial charge in [0.15, 0.2) is 17.4 Å². The van der Waals surface area contributed by atoms with Crippen LogP contribution in [0.25, 0.3) is 11.1 Å². The first-order valence-electron chi connectivity index (χ1n) is 15.6. The quantitative estimate of drug-likeness (QED) is 0.279. The van der Waals surface area contributed by atoms with E-state index in [1.165, 1.54) is 13.2 Å². The van der Waals surface area contributed by atoms with E-state index >= 15 is 0 Å². The van der Waals surface area contributed by atoms with Crippen LogP contribution in [0.5, 0.6) is 5.75 Å². The van der Waals surface area contributed by atoms with E-state index in [-0.39, 0.29) is 34.3 Å². The standard InChI is InChI=1S/C34H37F2N3O3/c1-41-28-16-23(7-8-27(28)35)22-3-2-4-25(15-22)39(30(40)26-19-34(36)17-24(26)18-34)20-32-9-12-33(13-10-32,14-11-32)31-37-29(38-42-31)21-5-6-21/h2-4,7-8,15-16,21,24,26H,5-6,9-14,17-20H2,1H3. The molecule has 1 unspecified atom stereocenters. The molecule has 42 heavy (non-hydrogen) atoms. The van der Waals surface area contributed by atoms with Crippen molar-refractivity contribution in [3.63, 3.8) is 0 Å². The lowest BCUT2D eigenvalue weighted by molar-refractivity contribution is -0.123. The monoisotopic (exact) mass is 573 g/mol. The maximum atomic E-state index is 15.0. The molecule has 10 rings (SSSR count). The Labute approximate surface area is 244 Å². The van der Waals surface area contributed by atoms with Crippen molar-refractivity contribution < 1.29 is 22.8 Å². The van der Waals surface area contributed by atoms with Crippen LogP contribution in [0.2, 0.25) is 0 Å². The van der Waals surface area contributed by atoms with Crippen molar-refractivity contribution in [2.24, 2.45) is 17.3 Å². The van der Waals surface area contributed by atoms with Gasteiger partial charge in [0.05, 0.1) is 7.11 Å². The predicted molar refractivity (Wildman–Crippen MR) is 153 cm³/mol. The molecule has 6 nitrogen and oxygen atoms in total. The van der Waals surface area contributed by atoms with Crippen LogP contribution in [-0.2, 0) is 10.2 Å². The van der Waals surface area contributed by atoms with Crippen LogP contribution in [0.3, 0.4) is 0 Å². The van der Waals surface area contributed by atoms with Crippen molar-refractivity contribution in [1.82, 2.24) is 10.1 Å². The number of amides is 1. The summed E-state index contributed by atoms with van der Waals surface area (Å²) in [4.78, 5) is 21.1. The van der Waals surface area contributed by atoms with E-state index in [9.17, 15) is 13.6 Å². The number of fused-ring (bicyclic) bond motifs is 4. The lowest BCUT2D eigenvalue weighted by atomic mass is 9.53. The SMILES string of the molecule is COc1cc(-c2cccc(N(CC34CCC(c5nc(C6CC6)no5)(CC3)CC4)C(=O)C3CC4(F)CC3C4)c2)ccc1F. The molecule has 3 aromatic rings. The molecule has 1 aromatic heterocycles. The van der Waals surface area contributed by atoms with Crippen molar-refractivity contribution in [1.29, 1.82) is 0 Å². The fourth-order valence-electron chi connectivity index (χ4n) is 8.48. The third-order valence-electron chi connectivity index (χ3n) is 11.4. The van der Waals surface area contributed by atoms with Crippen LogP contribution in [-0.4, -0.2) is 35.4 Å². The highest BCUT2D eigenvalue weighted by molar-refractivity contribution is 5.96. The number of nitrogens with zero attached hydrogens (tertiary/aromatic N) is 3. The molecule has 0 saturated heterocycles. The molecule has 1 atom stereocenters. The number of aromatic nitrogens is 2. The summed E-state index contributed by atoms with van der Waals surface area (Å²) in [5, 5.41) is 4.30. The summed E-state index contributed by atoms with van der Waals surface area (Å²) in [6, 6.07) is 12.7. The summed E-state index contributed by atoms with van der Waals surface area (Å²) in [5.41, 5.74) is 1.30. The van der Waals surface area contributed by atoms with Gasteiger partial charge in [-0.25, -0.2) is 8.78 Å². The number of anilines is 1. The fraction of sp³-hybridized carbons (Fsp3) is 0.559. The zero-order valence-electron chi connectivity index (χ0n) is 24.1. The van der Waals surface area contributed by atoms with Gasteiger partial charge in [0.25, 0.3) is 0 Å². The number of rotatable bonds is 8. The van der Waals surface area contributed by atoms with Crippen LogP contribution in [0.1, 0.15) is 88.3 Å². The Bertz CT molecular complexity index is 1520. The molecule has 2 aromatic carbocycles. The van der Waals surface area contributed by atoms with Crippen LogP contribution < -0.4 is 9.64 Å². The van der Waals surface area contributed by atoms with E-state index in [2.05, 4.69) is 5.16 Å². The molecule has 7 fully saturated rings. The number of carbonyl (C=O) groups is 1. The highest BCUT2D eigenvalue weighted by atomic mass is 19.1. The first-order valence-corrected chi connectivity index (χ1v) is 15.6. The van der Waals surface area contributed by atoms with Crippen LogP contribution in [0.15, 0.2) is 47.0 Å². The maximum Gasteiger partial charge on any atom is 0.232 e. The third-order valence-corrected chi connectivity index (χ3v) is 11.4. The number of halogens is 2. The first-order chi connectivity index (χ1) is 20.3. The molecule has 0 radical (unpaired) electrons. The molecule has 7 aliphatic rings. The molecule has 4 bridgehead atoms. The van der Waals surface area contributed by atoms with Gasteiger partial charge in [-0.15, -0.1) is 0 Å². The molecule has 1 amide bonds. The van der Waals surface area contributed by atoms with Crippen molar-refractivity contribution >= 4 is 11.6 Å². The largest absolute Gasteiger partial charge is 0.494 e. The number of alkyl halides is 1. The Balaban J connectivity index is 1.08. The molecule has 0 aliphatic heterocycles. The van der Waals surface area contributed by atoms with E-state index in [0.29, 0.717) is 31.7 Å². The Morgan fingerprint density at radius 2 is 1.76 bits per heavy atom. The van der Waals surface area contributed by atoms with Gasteiger partial charge in [0.2, 0.25) is 11.8 Å². The predicted octanol–water partition coefficient (Wildman–Crippen LogP) is 7.53. The molecule has 1 heterocycles. The molecular weight excluding hydrogens is 536 g/mol. The molecule has 8 heteroatoms. The summed E-state index contributed by atoms with van der Waals surface area (Å²) in [6.45, 7) is 0.623.